The third-order valence-electron chi connectivity index (χ3n) is 5.45. The van der Waals surface area contributed by atoms with Gasteiger partial charge in [-0.3, -0.25) is 4.79 Å². The molecule has 2 atom stereocenters. The molecule has 28 heavy (non-hydrogen) atoms. The van der Waals surface area contributed by atoms with Crippen molar-refractivity contribution in [1.29, 1.82) is 0 Å². The summed E-state index contributed by atoms with van der Waals surface area (Å²) < 4.78 is 32.4. The third kappa shape index (κ3) is 3.64. The van der Waals surface area contributed by atoms with Crippen molar-refractivity contribution >= 4 is 15.9 Å². The zero-order valence-corrected chi connectivity index (χ0v) is 16.6. The van der Waals surface area contributed by atoms with E-state index in [1.807, 2.05) is 48.5 Å². The first-order chi connectivity index (χ1) is 13.5. The monoisotopic (exact) mass is 400 g/mol. The summed E-state index contributed by atoms with van der Waals surface area (Å²) in [5.41, 5.74) is 3.11. The van der Waals surface area contributed by atoms with E-state index >= 15 is 0 Å². The number of fused-ring (bicyclic) bond motifs is 2. The Bertz CT molecular complexity index is 964. The van der Waals surface area contributed by atoms with E-state index in [0.717, 1.165) is 28.9 Å². The first-order valence-electron chi connectivity index (χ1n) is 9.56. The highest BCUT2D eigenvalue weighted by molar-refractivity contribution is 7.89. The first kappa shape index (κ1) is 19.0. The van der Waals surface area contributed by atoms with Crippen LogP contribution < -0.4 is 10.1 Å². The Hall–Kier alpha value is -2.38. The lowest BCUT2D eigenvalue weighted by Crippen LogP contribution is -2.53. The fourth-order valence-corrected chi connectivity index (χ4v) is 5.11. The zero-order chi connectivity index (χ0) is 19.7. The molecule has 0 aromatic heterocycles. The van der Waals surface area contributed by atoms with E-state index in [-0.39, 0.29) is 24.3 Å². The number of carbonyl (C=O) groups is 1. The van der Waals surface area contributed by atoms with Crippen LogP contribution in [0.4, 0.5) is 0 Å². The van der Waals surface area contributed by atoms with E-state index < -0.39 is 16.1 Å². The van der Waals surface area contributed by atoms with Crippen LogP contribution in [0.1, 0.15) is 23.6 Å². The molecule has 0 aliphatic carbocycles. The van der Waals surface area contributed by atoms with Gasteiger partial charge in [0.1, 0.15) is 17.9 Å². The molecule has 1 N–H and O–H groups in total. The maximum Gasteiger partial charge on any atom is 0.238 e. The number of carbonyl (C=O) groups excluding carboxylic acids is 1. The quantitative estimate of drug-likeness (QED) is 0.832. The average molecular weight is 401 g/mol. The van der Waals surface area contributed by atoms with Crippen LogP contribution in [0.2, 0.25) is 0 Å². The minimum absolute atomic E-state index is 0.0278. The number of ether oxygens (including phenoxy) is 1. The second-order valence-electron chi connectivity index (χ2n) is 7.23. The van der Waals surface area contributed by atoms with Crippen molar-refractivity contribution in [2.45, 2.75) is 38.5 Å². The number of hydrogen-bond donors (Lipinski definition) is 1. The van der Waals surface area contributed by atoms with Crippen LogP contribution in [0.25, 0.3) is 0 Å². The Labute approximate surface area is 165 Å². The Morgan fingerprint density at radius 2 is 1.75 bits per heavy atom. The van der Waals surface area contributed by atoms with Gasteiger partial charge in [0.2, 0.25) is 15.9 Å². The smallest absolute Gasteiger partial charge is 0.238 e. The number of hydrogen-bond acceptors (Lipinski definition) is 4. The minimum atomic E-state index is -3.50. The number of nitrogens with zero attached hydrogens (tertiary/aromatic N) is 1. The molecule has 2 aromatic rings. The zero-order valence-electron chi connectivity index (χ0n) is 15.8. The molecule has 4 rings (SSSR count). The number of para-hydroxylation sites is 1. The SMILES string of the molecule is CCS(=O)(=O)N1Cc2ccccc2C[C@H]1C(=O)NC[C@H]1Cc2ccccc2O1. The van der Waals surface area contributed by atoms with Gasteiger partial charge in [0, 0.05) is 13.0 Å². The molecule has 0 saturated carbocycles. The van der Waals surface area contributed by atoms with Gasteiger partial charge in [0.05, 0.1) is 12.3 Å². The lowest BCUT2D eigenvalue weighted by Gasteiger charge is -2.35. The van der Waals surface area contributed by atoms with Crippen LogP contribution in [-0.2, 0) is 34.2 Å². The number of nitrogens with one attached hydrogen (secondary N) is 1. The molecule has 0 fully saturated rings. The number of sulfonamides is 1. The lowest BCUT2D eigenvalue weighted by atomic mass is 9.95. The van der Waals surface area contributed by atoms with E-state index in [4.69, 9.17) is 4.74 Å². The second-order valence-corrected chi connectivity index (χ2v) is 9.44. The molecule has 0 radical (unpaired) electrons. The summed E-state index contributed by atoms with van der Waals surface area (Å²) in [6.45, 7) is 2.19. The third-order valence-corrected chi connectivity index (χ3v) is 7.28. The summed E-state index contributed by atoms with van der Waals surface area (Å²) >= 11 is 0. The summed E-state index contributed by atoms with van der Waals surface area (Å²) in [5, 5.41) is 2.92. The van der Waals surface area contributed by atoms with Crippen LogP contribution in [0.3, 0.4) is 0 Å². The van der Waals surface area contributed by atoms with Crippen molar-refractivity contribution in [3.63, 3.8) is 0 Å². The van der Waals surface area contributed by atoms with Crippen LogP contribution >= 0.6 is 0 Å². The first-order valence-corrected chi connectivity index (χ1v) is 11.2. The topological polar surface area (TPSA) is 75.7 Å². The van der Waals surface area contributed by atoms with Gasteiger partial charge >= 0.3 is 0 Å². The number of benzene rings is 2. The van der Waals surface area contributed by atoms with Gasteiger partial charge in [-0.25, -0.2) is 8.42 Å². The number of rotatable bonds is 5. The molecule has 7 heteroatoms. The molecule has 2 aliphatic rings. The van der Waals surface area contributed by atoms with E-state index in [2.05, 4.69) is 5.32 Å². The van der Waals surface area contributed by atoms with Gasteiger partial charge in [-0.15, -0.1) is 0 Å². The average Bonchev–Trinajstić information content (AvgIpc) is 3.14. The summed E-state index contributed by atoms with van der Waals surface area (Å²) in [5.74, 6) is 0.551. The molecule has 1 amide bonds. The fraction of sp³-hybridized carbons (Fsp3) is 0.381. The van der Waals surface area contributed by atoms with Crippen molar-refractivity contribution in [3.8, 4) is 5.75 Å². The highest BCUT2D eigenvalue weighted by Gasteiger charge is 2.38. The molecule has 148 valence electrons. The molecule has 2 heterocycles. The second kappa shape index (κ2) is 7.56. The van der Waals surface area contributed by atoms with E-state index in [9.17, 15) is 13.2 Å². The standard InChI is InChI=1S/C21H24N2O4S/c1-2-28(25,26)23-14-17-9-4-3-7-15(17)12-19(23)21(24)22-13-18-11-16-8-5-6-10-20(16)27-18/h3-10,18-19H,2,11-14H2,1H3,(H,22,24)/t18-,19+/m1/s1. The Morgan fingerprint density at radius 1 is 1.07 bits per heavy atom. The minimum Gasteiger partial charge on any atom is -0.488 e. The Balaban J connectivity index is 1.47. The molecule has 0 bridgehead atoms. The summed E-state index contributed by atoms with van der Waals surface area (Å²) in [6.07, 6.45) is 0.988. The highest BCUT2D eigenvalue weighted by Crippen LogP contribution is 2.28. The molecule has 6 nitrogen and oxygen atoms in total. The van der Waals surface area contributed by atoms with Crippen molar-refractivity contribution in [1.82, 2.24) is 9.62 Å². The van der Waals surface area contributed by atoms with Crippen molar-refractivity contribution < 1.29 is 17.9 Å². The van der Waals surface area contributed by atoms with Gasteiger partial charge in [0.25, 0.3) is 0 Å². The van der Waals surface area contributed by atoms with Crippen LogP contribution in [0, 0.1) is 0 Å². The fourth-order valence-electron chi connectivity index (χ4n) is 3.88. The molecule has 0 saturated heterocycles. The predicted molar refractivity (Wildman–Crippen MR) is 107 cm³/mol. The van der Waals surface area contributed by atoms with Crippen LogP contribution in [-0.4, -0.2) is 43.1 Å². The molecule has 0 spiro atoms. The maximum atomic E-state index is 12.9. The van der Waals surface area contributed by atoms with Crippen LogP contribution in [0.5, 0.6) is 5.75 Å². The van der Waals surface area contributed by atoms with Crippen molar-refractivity contribution in [2.24, 2.45) is 0 Å². The van der Waals surface area contributed by atoms with Gasteiger partial charge in [-0.2, -0.15) is 4.31 Å². The van der Waals surface area contributed by atoms with Crippen molar-refractivity contribution in [3.05, 3.63) is 65.2 Å². The van der Waals surface area contributed by atoms with E-state index in [1.165, 1.54) is 4.31 Å². The van der Waals surface area contributed by atoms with E-state index in [1.54, 1.807) is 6.92 Å². The molecular formula is C21H24N2O4S. The van der Waals surface area contributed by atoms with Gasteiger partial charge in [0.15, 0.2) is 0 Å². The van der Waals surface area contributed by atoms with Gasteiger partial charge in [-0.05, 0) is 36.1 Å². The highest BCUT2D eigenvalue weighted by atomic mass is 32.2. The predicted octanol–water partition coefficient (Wildman–Crippen LogP) is 1.88. The Kier molecular flexibility index (Phi) is 5.12. The van der Waals surface area contributed by atoms with Gasteiger partial charge < -0.3 is 10.1 Å². The molecule has 2 aromatic carbocycles. The summed E-state index contributed by atoms with van der Waals surface area (Å²) in [6, 6.07) is 14.8. The van der Waals surface area contributed by atoms with E-state index in [0.29, 0.717) is 13.0 Å². The normalized spacial score (nSPS) is 21.5. The number of amides is 1. The van der Waals surface area contributed by atoms with Crippen LogP contribution in [0.15, 0.2) is 48.5 Å². The summed E-state index contributed by atoms with van der Waals surface area (Å²) in [4.78, 5) is 12.9. The Morgan fingerprint density at radius 3 is 2.46 bits per heavy atom. The van der Waals surface area contributed by atoms with Gasteiger partial charge in [-0.1, -0.05) is 42.5 Å². The largest absolute Gasteiger partial charge is 0.488 e. The molecule has 0 unspecified atom stereocenters. The maximum absolute atomic E-state index is 12.9. The molecular weight excluding hydrogens is 376 g/mol. The lowest BCUT2D eigenvalue weighted by molar-refractivity contribution is -0.125. The summed E-state index contributed by atoms with van der Waals surface area (Å²) in [7, 11) is -3.50. The molecule has 2 aliphatic heterocycles. The van der Waals surface area contributed by atoms with Crippen molar-refractivity contribution in [2.75, 3.05) is 12.3 Å².